The van der Waals surface area contributed by atoms with Gasteiger partial charge in [0.2, 0.25) is 0 Å². The van der Waals surface area contributed by atoms with E-state index in [0.29, 0.717) is 6.42 Å². The standard InChI is InChI=1S/C13H18BrNO3S/c1-9(16)12-7-10(14)3-4-13(12)15(2)11-5-6-19(17,18)8-11/h3-4,7,9,11,16H,5-6,8H2,1-2H3. The van der Waals surface area contributed by atoms with Crippen LogP contribution in [0.2, 0.25) is 0 Å². The second kappa shape index (κ2) is 5.42. The van der Waals surface area contributed by atoms with Crippen LogP contribution >= 0.6 is 15.9 Å². The van der Waals surface area contributed by atoms with E-state index in [9.17, 15) is 13.5 Å². The van der Waals surface area contributed by atoms with Gasteiger partial charge in [-0.15, -0.1) is 0 Å². The van der Waals surface area contributed by atoms with Crippen molar-refractivity contribution in [2.45, 2.75) is 25.5 Å². The summed E-state index contributed by atoms with van der Waals surface area (Å²) < 4.78 is 24.0. The second-order valence-electron chi connectivity index (χ2n) is 5.05. The van der Waals surface area contributed by atoms with Crippen molar-refractivity contribution in [1.29, 1.82) is 0 Å². The zero-order chi connectivity index (χ0) is 14.2. The van der Waals surface area contributed by atoms with E-state index >= 15 is 0 Å². The Morgan fingerprint density at radius 2 is 2.16 bits per heavy atom. The van der Waals surface area contributed by atoms with Crippen LogP contribution in [0, 0.1) is 0 Å². The number of sulfone groups is 1. The summed E-state index contributed by atoms with van der Waals surface area (Å²) in [6, 6.07) is 5.68. The van der Waals surface area contributed by atoms with E-state index in [1.807, 2.05) is 30.1 Å². The number of aliphatic hydroxyl groups is 1. The Bertz CT molecular complexity index is 571. The zero-order valence-corrected chi connectivity index (χ0v) is 13.4. The Morgan fingerprint density at radius 1 is 1.47 bits per heavy atom. The number of benzene rings is 1. The Balaban J connectivity index is 2.31. The topological polar surface area (TPSA) is 57.6 Å². The molecule has 1 heterocycles. The van der Waals surface area contributed by atoms with Crippen molar-refractivity contribution in [3.05, 3.63) is 28.2 Å². The van der Waals surface area contributed by atoms with Gasteiger partial charge in [-0.1, -0.05) is 15.9 Å². The van der Waals surface area contributed by atoms with Gasteiger partial charge in [-0.25, -0.2) is 8.42 Å². The molecule has 0 spiro atoms. The van der Waals surface area contributed by atoms with Gasteiger partial charge in [0.05, 0.1) is 17.6 Å². The Kier molecular flexibility index (Phi) is 4.23. The quantitative estimate of drug-likeness (QED) is 0.909. The van der Waals surface area contributed by atoms with Crippen LogP contribution in [-0.2, 0) is 9.84 Å². The third-order valence-electron chi connectivity index (χ3n) is 3.58. The SMILES string of the molecule is CC(O)c1cc(Br)ccc1N(C)C1CCS(=O)(=O)C1. The molecular formula is C13H18BrNO3S. The number of halogens is 1. The van der Waals surface area contributed by atoms with Crippen LogP contribution in [-0.4, -0.2) is 38.1 Å². The van der Waals surface area contributed by atoms with Crippen molar-refractivity contribution >= 4 is 31.5 Å². The molecule has 1 aliphatic heterocycles. The maximum Gasteiger partial charge on any atom is 0.152 e. The molecule has 1 saturated heterocycles. The molecule has 0 aromatic heterocycles. The van der Waals surface area contributed by atoms with Crippen LogP contribution in [0.5, 0.6) is 0 Å². The van der Waals surface area contributed by atoms with Crippen LogP contribution in [0.3, 0.4) is 0 Å². The van der Waals surface area contributed by atoms with Crippen molar-refractivity contribution in [2.24, 2.45) is 0 Å². The fourth-order valence-electron chi connectivity index (χ4n) is 2.46. The first-order valence-electron chi connectivity index (χ1n) is 6.21. The fraction of sp³-hybridized carbons (Fsp3) is 0.538. The molecular weight excluding hydrogens is 330 g/mol. The molecule has 1 N–H and O–H groups in total. The average molecular weight is 348 g/mol. The van der Waals surface area contributed by atoms with Crippen LogP contribution in [0.15, 0.2) is 22.7 Å². The zero-order valence-electron chi connectivity index (χ0n) is 11.0. The molecule has 1 fully saturated rings. The van der Waals surface area contributed by atoms with Crippen molar-refractivity contribution in [3.8, 4) is 0 Å². The minimum absolute atomic E-state index is 0.0105. The first kappa shape index (κ1) is 14.8. The monoisotopic (exact) mass is 347 g/mol. The smallest absolute Gasteiger partial charge is 0.152 e. The van der Waals surface area contributed by atoms with Gasteiger partial charge in [0.1, 0.15) is 0 Å². The average Bonchev–Trinajstić information content (AvgIpc) is 2.68. The third kappa shape index (κ3) is 3.30. The summed E-state index contributed by atoms with van der Waals surface area (Å²) in [6.45, 7) is 1.71. The number of anilines is 1. The van der Waals surface area contributed by atoms with E-state index in [4.69, 9.17) is 0 Å². The number of rotatable bonds is 3. The minimum atomic E-state index is -2.90. The molecule has 19 heavy (non-hydrogen) atoms. The largest absolute Gasteiger partial charge is 0.389 e. The molecule has 2 unspecified atom stereocenters. The highest BCUT2D eigenvalue weighted by Crippen LogP contribution is 2.32. The molecule has 0 saturated carbocycles. The normalized spacial score (nSPS) is 23.3. The van der Waals surface area contributed by atoms with Gasteiger partial charge in [0.25, 0.3) is 0 Å². The summed E-state index contributed by atoms with van der Waals surface area (Å²) in [5.41, 5.74) is 1.70. The van der Waals surface area contributed by atoms with E-state index in [1.165, 1.54) is 0 Å². The predicted octanol–water partition coefficient (Wildman–Crippen LogP) is 2.13. The molecule has 0 bridgehead atoms. The highest BCUT2D eigenvalue weighted by atomic mass is 79.9. The first-order valence-corrected chi connectivity index (χ1v) is 8.82. The van der Waals surface area contributed by atoms with Crippen LogP contribution in [0.1, 0.15) is 25.0 Å². The van der Waals surface area contributed by atoms with Gasteiger partial charge >= 0.3 is 0 Å². The molecule has 1 aromatic rings. The lowest BCUT2D eigenvalue weighted by atomic mass is 10.1. The Morgan fingerprint density at radius 3 is 2.68 bits per heavy atom. The molecule has 6 heteroatoms. The summed E-state index contributed by atoms with van der Waals surface area (Å²) in [5, 5.41) is 9.86. The summed E-state index contributed by atoms with van der Waals surface area (Å²) in [4.78, 5) is 1.97. The van der Waals surface area contributed by atoms with E-state index in [0.717, 1.165) is 15.7 Å². The lowest BCUT2D eigenvalue weighted by molar-refractivity contribution is 0.199. The Labute approximate surface area is 122 Å². The van der Waals surface area contributed by atoms with Gasteiger partial charge in [-0.3, -0.25) is 0 Å². The van der Waals surface area contributed by atoms with Crippen LogP contribution < -0.4 is 4.90 Å². The number of hydrogen-bond donors (Lipinski definition) is 1. The van der Waals surface area contributed by atoms with Crippen molar-refractivity contribution in [2.75, 3.05) is 23.5 Å². The molecule has 0 radical (unpaired) electrons. The molecule has 2 rings (SSSR count). The van der Waals surface area contributed by atoms with E-state index in [2.05, 4.69) is 15.9 Å². The van der Waals surface area contributed by atoms with E-state index < -0.39 is 15.9 Å². The van der Waals surface area contributed by atoms with Crippen molar-refractivity contribution < 1.29 is 13.5 Å². The molecule has 0 aliphatic carbocycles. The van der Waals surface area contributed by atoms with Crippen LogP contribution in [0.4, 0.5) is 5.69 Å². The Hall–Kier alpha value is -0.590. The lowest BCUT2D eigenvalue weighted by Crippen LogP contribution is -2.33. The summed E-state index contributed by atoms with van der Waals surface area (Å²) >= 11 is 3.39. The molecule has 4 nitrogen and oxygen atoms in total. The highest BCUT2D eigenvalue weighted by Gasteiger charge is 2.31. The van der Waals surface area contributed by atoms with E-state index in [1.54, 1.807) is 6.92 Å². The summed E-state index contributed by atoms with van der Waals surface area (Å²) in [5.74, 6) is 0.446. The van der Waals surface area contributed by atoms with Gasteiger partial charge in [0, 0.05) is 28.8 Å². The lowest BCUT2D eigenvalue weighted by Gasteiger charge is -2.28. The number of aliphatic hydroxyl groups excluding tert-OH is 1. The van der Waals surface area contributed by atoms with Crippen molar-refractivity contribution in [1.82, 2.24) is 0 Å². The fourth-order valence-corrected chi connectivity index (χ4v) is 4.61. The molecule has 1 aromatic carbocycles. The highest BCUT2D eigenvalue weighted by molar-refractivity contribution is 9.10. The van der Waals surface area contributed by atoms with Gasteiger partial charge < -0.3 is 10.0 Å². The number of hydrogen-bond acceptors (Lipinski definition) is 4. The molecule has 106 valence electrons. The molecule has 2 atom stereocenters. The first-order chi connectivity index (χ1) is 8.80. The van der Waals surface area contributed by atoms with E-state index in [-0.39, 0.29) is 17.5 Å². The van der Waals surface area contributed by atoms with Gasteiger partial charge in [-0.2, -0.15) is 0 Å². The maximum atomic E-state index is 11.6. The molecule has 1 aliphatic rings. The van der Waals surface area contributed by atoms with Crippen molar-refractivity contribution in [3.63, 3.8) is 0 Å². The third-order valence-corrected chi connectivity index (χ3v) is 5.82. The summed E-state index contributed by atoms with van der Waals surface area (Å²) in [7, 11) is -1.01. The number of nitrogens with zero attached hydrogens (tertiary/aromatic N) is 1. The molecule has 0 amide bonds. The summed E-state index contributed by atoms with van der Waals surface area (Å²) in [6.07, 6.45) is 0.0571. The van der Waals surface area contributed by atoms with Gasteiger partial charge in [-0.05, 0) is 31.5 Å². The maximum absolute atomic E-state index is 11.6. The predicted molar refractivity (Wildman–Crippen MR) is 80.2 cm³/mol. The second-order valence-corrected chi connectivity index (χ2v) is 8.19. The van der Waals surface area contributed by atoms with Crippen LogP contribution in [0.25, 0.3) is 0 Å². The minimum Gasteiger partial charge on any atom is -0.389 e. The van der Waals surface area contributed by atoms with Gasteiger partial charge in [0.15, 0.2) is 9.84 Å².